The topological polar surface area (TPSA) is 38.5 Å². The summed E-state index contributed by atoms with van der Waals surface area (Å²) < 4.78 is 5.35. The third-order valence-corrected chi connectivity index (χ3v) is 5.89. The van der Waals surface area contributed by atoms with E-state index in [1.54, 1.807) is 0 Å². The molecule has 3 nitrogen and oxygen atoms in total. The van der Waals surface area contributed by atoms with Crippen molar-refractivity contribution < 1.29 is 4.74 Å². The number of hydrogen-bond acceptors (Lipinski definition) is 3. The van der Waals surface area contributed by atoms with E-state index in [2.05, 4.69) is 25.7 Å². The van der Waals surface area contributed by atoms with E-state index in [-0.39, 0.29) is 5.54 Å². The van der Waals surface area contributed by atoms with Crippen LogP contribution in [0.15, 0.2) is 0 Å². The first-order valence-corrected chi connectivity index (χ1v) is 8.89. The van der Waals surface area contributed by atoms with Gasteiger partial charge in [0.05, 0.1) is 6.61 Å². The van der Waals surface area contributed by atoms with Crippen LogP contribution in [-0.2, 0) is 4.74 Å². The van der Waals surface area contributed by atoms with Crippen molar-refractivity contribution in [3.63, 3.8) is 0 Å². The normalized spacial score (nSPS) is 31.4. The van der Waals surface area contributed by atoms with Gasteiger partial charge in [-0.1, -0.05) is 27.2 Å². The Balaban J connectivity index is 2.08. The van der Waals surface area contributed by atoms with Gasteiger partial charge in [0, 0.05) is 31.8 Å². The van der Waals surface area contributed by atoms with E-state index in [0.29, 0.717) is 5.41 Å². The van der Waals surface area contributed by atoms with Crippen molar-refractivity contribution in [2.24, 2.45) is 17.1 Å². The lowest BCUT2D eigenvalue weighted by atomic mass is 9.76. The Labute approximate surface area is 131 Å². The summed E-state index contributed by atoms with van der Waals surface area (Å²) in [6.07, 6.45) is 9.28. The maximum absolute atomic E-state index is 6.32. The molecule has 2 rings (SSSR count). The summed E-state index contributed by atoms with van der Waals surface area (Å²) in [5.41, 5.74) is 6.99. The molecule has 2 saturated carbocycles. The van der Waals surface area contributed by atoms with Crippen molar-refractivity contribution >= 4 is 0 Å². The summed E-state index contributed by atoms with van der Waals surface area (Å²) in [6, 6.07) is 0.773. The molecule has 0 radical (unpaired) electrons. The van der Waals surface area contributed by atoms with Gasteiger partial charge in [-0.05, 0) is 49.9 Å². The predicted octanol–water partition coefficient (Wildman–Crippen LogP) is 3.42. The van der Waals surface area contributed by atoms with E-state index >= 15 is 0 Å². The molecule has 3 heteroatoms. The molecule has 2 aliphatic carbocycles. The maximum Gasteiger partial charge on any atom is 0.0590 e. The molecule has 2 unspecified atom stereocenters. The van der Waals surface area contributed by atoms with Crippen LogP contribution in [0.5, 0.6) is 0 Å². The third kappa shape index (κ3) is 4.20. The van der Waals surface area contributed by atoms with Crippen LogP contribution in [0.4, 0.5) is 0 Å². The standard InChI is InChI=1S/C18H36N2O/c1-17(2,3)15-6-5-10-18(14-19,11-9-15)20(12-13-21-4)16-7-8-16/h15-16H,5-14,19H2,1-4H3. The highest BCUT2D eigenvalue weighted by Crippen LogP contribution is 2.44. The molecule has 2 aliphatic rings. The van der Waals surface area contributed by atoms with Gasteiger partial charge in [-0.3, -0.25) is 4.90 Å². The van der Waals surface area contributed by atoms with Crippen molar-refractivity contribution in [3.05, 3.63) is 0 Å². The van der Waals surface area contributed by atoms with E-state index in [1.165, 1.54) is 44.9 Å². The van der Waals surface area contributed by atoms with E-state index in [0.717, 1.165) is 31.7 Å². The quantitative estimate of drug-likeness (QED) is 0.763. The number of nitrogens with zero attached hydrogens (tertiary/aromatic N) is 1. The zero-order valence-corrected chi connectivity index (χ0v) is 14.7. The monoisotopic (exact) mass is 296 g/mol. The summed E-state index contributed by atoms with van der Waals surface area (Å²) in [4.78, 5) is 2.72. The van der Waals surface area contributed by atoms with Gasteiger partial charge in [-0.25, -0.2) is 0 Å². The van der Waals surface area contributed by atoms with Crippen molar-refractivity contribution in [1.82, 2.24) is 4.90 Å². The van der Waals surface area contributed by atoms with Crippen LogP contribution in [0.1, 0.15) is 65.7 Å². The molecule has 2 atom stereocenters. The molecular formula is C18H36N2O. The first-order chi connectivity index (χ1) is 9.93. The second-order valence-corrected chi connectivity index (χ2v) is 8.34. The Morgan fingerprint density at radius 2 is 1.86 bits per heavy atom. The van der Waals surface area contributed by atoms with Crippen LogP contribution in [-0.4, -0.2) is 43.3 Å². The lowest BCUT2D eigenvalue weighted by Crippen LogP contribution is -2.55. The number of hydrogen-bond donors (Lipinski definition) is 1. The summed E-state index contributed by atoms with van der Waals surface area (Å²) in [5.74, 6) is 0.842. The molecule has 0 aromatic carbocycles. The SMILES string of the molecule is COCCN(C1CC1)C1(CN)CCCC(C(C)(C)C)CC1. The van der Waals surface area contributed by atoms with Crippen molar-refractivity contribution in [1.29, 1.82) is 0 Å². The highest BCUT2D eigenvalue weighted by atomic mass is 16.5. The summed E-state index contributed by atoms with van der Waals surface area (Å²) in [6.45, 7) is 9.90. The minimum atomic E-state index is 0.236. The Bertz CT molecular complexity index is 322. The molecule has 0 amide bonds. The maximum atomic E-state index is 6.32. The molecule has 21 heavy (non-hydrogen) atoms. The van der Waals surface area contributed by atoms with Crippen LogP contribution >= 0.6 is 0 Å². The van der Waals surface area contributed by atoms with E-state index in [4.69, 9.17) is 10.5 Å². The fraction of sp³-hybridized carbons (Fsp3) is 1.00. The number of ether oxygens (including phenoxy) is 1. The van der Waals surface area contributed by atoms with E-state index in [9.17, 15) is 0 Å². The Morgan fingerprint density at radius 1 is 1.14 bits per heavy atom. The van der Waals surface area contributed by atoms with Gasteiger partial charge in [-0.15, -0.1) is 0 Å². The smallest absolute Gasteiger partial charge is 0.0590 e. The number of nitrogens with two attached hydrogens (primary N) is 1. The fourth-order valence-electron chi connectivity index (χ4n) is 4.25. The van der Waals surface area contributed by atoms with Crippen molar-refractivity contribution in [2.45, 2.75) is 77.3 Å². The van der Waals surface area contributed by atoms with Crippen LogP contribution in [0.3, 0.4) is 0 Å². The van der Waals surface area contributed by atoms with Gasteiger partial charge < -0.3 is 10.5 Å². The minimum absolute atomic E-state index is 0.236. The summed E-state index contributed by atoms with van der Waals surface area (Å²) >= 11 is 0. The molecule has 124 valence electrons. The van der Waals surface area contributed by atoms with Crippen molar-refractivity contribution in [3.8, 4) is 0 Å². The molecule has 0 saturated heterocycles. The molecule has 2 fully saturated rings. The van der Waals surface area contributed by atoms with Crippen molar-refractivity contribution in [2.75, 3.05) is 26.8 Å². The molecule has 0 aromatic heterocycles. The Hall–Kier alpha value is -0.120. The predicted molar refractivity (Wildman–Crippen MR) is 89.4 cm³/mol. The van der Waals surface area contributed by atoms with Crippen LogP contribution in [0.2, 0.25) is 0 Å². The molecule has 0 spiro atoms. The summed E-state index contributed by atoms with van der Waals surface area (Å²) in [7, 11) is 1.81. The van der Waals surface area contributed by atoms with E-state index in [1.807, 2.05) is 7.11 Å². The van der Waals surface area contributed by atoms with Gasteiger partial charge in [0.15, 0.2) is 0 Å². The van der Waals surface area contributed by atoms with Gasteiger partial charge in [0.25, 0.3) is 0 Å². The summed E-state index contributed by atoms with van der Waals surface area (Å²) in [5, 5.41) is 0. The van der Waals surface area contributed by atoms with Gasteiger partial charge >= 0.3 is 0 Å². The van der Waals surface area contributed by atoms with Crippen LogP contribution in [0.25, 0.3) is 0 Å². The lowest BCUT2D eigenvalue weighted by Gasteiger charge is -2.44. The number of methoxy groups -OCH3 is 1. The first kappa shape index (κ1) is 17.2. The third-order valence-electron chi connectivity index (χ3n) is 5.89. The zero-order valence-electron chi connectivity index (χ0n) is 14.7. The Morgan fingerprint density at radius 3 is 2.38 bits per heavy atom. The second-order valence-electron chi connectivity index (χ2n) is 8.34. The van der Waals surface area contributed by atoms with Gasteiger partial charge in [0.2, 0.25) is 0 Å². The first-order valence-electron chi connectivity index (χ1n) is 8.89. The largest absolute Gasteiger partial charge is 0.383 e. The molecule has 2 N–H and O–H groups in total. The second kappa shape index (κ2) is 6.97. The zero-order chi connectivity index (χ0) is 15.5. The molecule has 0 aliphatic heterocycles. The minimum Gasteiger partial charge on any atom is -0.383 e. The molecule has 0 bridgehead atoms. The lowest BCUT2D eigenvalue weighted by molar-refractivity contribution is 0.0394. The number of rotatable bonds is 6. The van der Waals surface area contributed by atoms with Gasteiger partial charge in [0.1, 0.15) is 0 Å². The molecular weight excluding hydrogens is 260 g/mol. The molecule has 0 heterocycles. The van der Waals surface area contributed by atoms with Crippen LogP contribution < -0.4 is 5.73 Å². The fourth-order valence-corrected chi connectivity index (χ4v) is 4.25. The highest BCUT2D eigenvalue weighted by Gasteiger charge is 2.44. The van der Waals surface area contributed by atoms with Crippen LogP contribution in [0, 0.1) is 11.3 Å². The average molecular weight is 296 g/mol. The Kier molecular flexibility index (Phi) is 5.72. The van der Waals surface area contributed by atoms with Gasteiger partial charge in [-0.2, -0.15) is 0 Å². The van der Waals surface area contributed by atoms with E-state index < -0.39 is 0 Å². The average Bonchev–Trinajstić information content (AvgIpc) is 3.24. The molecule has 0 aromatic rings. The highest BCUT2D eigenvalue weighted by molar-refractivity contribution is 5.01.